The highest BCUT2D eigenvalue weighted by atomic mass is 19.3. The predicted octanol–water partition coefficient (Wildman–Crippen LogP) is 1.64. The average molecular weight is 193 g/mol. The fraction of sp³-hybridized carbons (Fsp3) is 1.00. The van der Waals surface area contributed by atoms with Gasteiger partial charge < -0.3 is 10.5 Å². The summed E-state index contributed by atoms with van der Waals surface area (Å²) in [4.78, 5) is 0. The van der Waals surface area contributed by atoms with Gasteiger partial charge in [-0.1, -0.05) is 0 Å². The first kappa shape index (κ1) is 10.9. The molecule has 0 amide bonds. The van der Waals surface area contributed by atoms with E-state index < -0.39 is 12.3 Å². The molecule has 13 heavy (non-hydrogen) atoms. The minimum atomic E-state index is -2.25. The summed E-state index contributed by atoms with van der Waals surface area (Å²) < 4.78 is 30.3. The fourth-order valence-electron chi connectivity index (χ4n) is 1.86. The van der Waals surface area contributed by atoms with E-state index in [4.69, 9.17) is 10.5 Å². The third kappa shape index (κ3) is 3.19. The van der Waals surface area contributed by atoms with E-state index in [0.717, 1.165) is 19.4 Å². The molecule has 1 aliphatic heterocycles. The quantitative estimate of drug-likeness (QED) is 0.736. The first-order valence-corrected chi connectivity index (χ1v) is 4.81. The van der Waals surface area contributed by atoms with Crippen LogP contribution >= 0.6 is 0 Å². The number of hydrogen-bond acceptors (Lipinski definition) is 2. The fourth-order valence-corrected chi connectivity index (χ4v) is 1.86. The highest BCUT2D eigenvalue weighted by molar-refractivity contribution is 4.74. The summed E-state index contributed by atoms with van der Waals surface area (Å²) in [5.74, 6) is -0.553. The van der Waals surface area contributed by atoms with Crippen LogP contribution in [0.5, 0.6) is 0 Å². The summed E-state index contributed by atoms with van der Waals surface area (Å²) in [6.45, 7) is 1.54. The first-order chi connectivity index (χ1) is 6.25. The Balaban J connectivity index is 2.41. The highest BCUT2D eigenvalue weighted by Crippen LogP contribution is 2.29. The molecule has 4 heteroatoms. The Morgan fingerprint density at radius 3 is 2.69 bits per heavy atom. The zero-order valence-electron chi connectivity index (χ0n) is 7.72. The van der Waals surface area contributed by atoms with Gasteiger partial charge in [0.15, 0.2) is 0 Å². The lowest BCUT2D eigenvalue weighted by molar-refractivity contribution is -0.0269. The van der Waals surface area contributed by atoms with Gasteiger partial charge in [0.1, 0.15) is 0 Å². The van der Waals surface area contributed by atoms with E-state index in [2.05, 4.69) is 0 Å². The van der Waals surface area contributed by atoms with E-state index >= 15 is 0 Å². The van der Waals surface area contributed by atoms with Crippen molar-refractivity contribution in [2.75, 3.05) is 19.8 Å². The van der Waals surface area contributed by atoms with E-state index in [1.165, 1.54) is 0 Å². The van der Waals surface area contributed by atoms with E-state index in [9.17, 15) is 8.78 Å². The van der Waals surface area contributed by atoms with Gasteiger partial charge in [-0.25, -0.2) is 8.78 Å². The molecule has 2 atom stereocenters. The van der Waals surface area contributed by atoms with Crippen LogP contribution in [0.2, 0.25) is 0 Å². The molecule has 78 valence electrons. The molecule has 1 aliphatic rings. The topological polar surface area (TPSA) is 35.2 Å². The first-order valence-electron chi connectivity index (χ1n) is 4.81. The van der Waals surface area contributed by atoms with E-state index in [0.29, 0.717) is 19.6 Å². The monoisotopic (exact) mass is 193 g/mol. The largest absolute Gasteiger partial charge is 0.381 e. The Kier molecular flexibility index (Phi) is 4.59. The second-order valence-electron chi connectivity index (χ2n) is 3.55. The molecule has 0 radical (unpaired) electrons. The van der Waals surface area contributed by atoms with Gasteiger partial charge in [0.2, 0.25) is 6.43 Å². The van der Waals surface area contributed by atoms with Gasteiger partial charge in [-0.05, 0) is 31.7 Å². The molecule has 1 fully saturated rings. The lowest BCUT2D eigenvalue weighted by atomic mass is 9.86. The third-order valence-corrected chi connectivity index (χ3v) is 2.62. The molecule has 0 aliphatic carbocycles. The number of rotatable bonds is 4. The van der Waals surface area contributed by atoms with Crippen LogP contribution in [0.15, 0.2) is 0 Å². The molecule has 0 saturated carbocycles. The van der Waals surface area contributed by atoms with Crippen LogP contribution in [0.3, 0.4) is 0 Å². The predicted molar refractivity (Wildman–Crippen MR) is 46.7 cm³/mol. The summed E-state index contributed by atoms with van der Waals surface area (Å²) >= 11 is 0. The van der Waals surface area contributed by atoms with Crippen molar-refractivity contribution < 1.29 is 13.5 Å². The zero-order valence-corrected chi connectivity index (χ0v) is 7.72. The Morgan fingerprint density at radius 1 is 1.46 bits per heavy atom. The van der Waals surface area contributed by atoms with Crippen LogP contribution < -0.4 is 5.73 Å². The zero-order chi connectivity index (χ0) is 9.68. The Hall–Kier alpha value is -0.220. The maximum absolute atomic E-state index is 12.6. The van der Waals surface area contributed by atoms with Gasteiger partial charge >= 0.3 is 0 Å². The molecule has 2 N–H and O–H groups in total. The van der Waals surface area contributed by atoms with Crippen molar-refractivity contribution in [3.05, 3.63) is 0 Å². The number of halogens is 2. The van der Waals surface area contributed by atoms with Gasteiger partial charge in [0.05, 0.1) is 0 Å². The molecular weight excluding hydrogens is 176 g/mol. The molecule has 2 nitrogen and oxygen atoms in total. The minimum absolute atomic E-state index is 0.0114. The van der Waals surface area contributed by atoms with Crippen molar-refractivity contribution in [2.45, 2.75) is 25.7 Å². The molecule has 0 spiro atoms. The minimum Gasteiger partial charge on any atom is -0.381 e. The lowest BCUT2D eigenvalue weighted by Gasteiger charge is -2.29. The van der Waals surface area contributed by atoms with Gasteiger partial charge in [-0.2, -0.15) is 0 Å². The van der Waals surface area contributed by atoms with Crippen LogP contribution in [-0.2, 0) is 4.74 Å². The summed E-state index contributed by atoms with van der Waals surface area (Å²) in [6, 6.07) is 0. The molecule has 0 aromatic heterocycles. The molecule has 1 rings (SSSR count). The van der Waals surface area contributed by atoms with Gasteiger partial charge in [0, 0.05) is 19.1 Å². The number of alkyl halides is 2. The molecule has 0 bridgehead atoms. The normalized spacial score (nSPS) is 26.3. The average Bonchev–Trinajstić information content (AvgIpc) is 2.15. The molecule has 0 aromatic carbocycles. The van der Waals surface area contributed by atoms with Crippen molar-refractivity contribution in [1.29, 1.82) is 0 Å². The van der Waals surface area contributed by atoms with Crippen molar-refractivity contribution in [2.24, 2.45) is 17.6 Å². The standard InChI is InChI=1S/C9H17F2NO/c10-9(11)8(3-4-12)7-2-1-5-13-6-7/h7-9H,1-6,12H2. The summed E-state index contributed by atoms with van der Waals surface area (Å²) in [6.07, 6.45) is -0.0886. The van der Waals surface area contributed by atoms with Crippen LogP contribution in [0.1, 0.15) is 19.3 Å². The number of nitrogens with two attached hydrogens (primary N) is 1. The summed E-state index contributed by atoms with van der Waals surface area (Å²) in [5.41, 5.74) is 5.30. The van der Waals surface area contributed by atoms with Gasteiger partial charge in [0.25, 0.3) is 0 Å². The van der Waals surface area contributed by atoms with Crippen LogP contribution in [0.4, 0.5) is 8.78 Å². The van der Waals surface area contributed by atoms with Crippen LogP contribution in [0, 0.1) is 11.8 Å². The van der Waals surface area contributed by atoms with E-state index in [-0.39, 0.29) is 5.92 Å². The number of hydrogen-bond donors (Lipinski definition) is 1. The summed E-state index contributed by atoms with van der Waals surface area (Å²) in [5, 5.41) is 0. The molecule has 1 heterocycles. The SMILES string of the molecule is NCCC(C(F)F)C1CCCOC1. The van der Waals surface area contributed by atoms with Crippen molar-refractivity contribution in [1.82, 2.24) is 0 Å². The lowest BCUT2D eigenvalue weighted by Crippen LogP contribution is -2.31. The van der Waals surface area contributed by atoms with Gasteiger partial charge in [-0.3, -0.25) is 0 Å². The third-order valence-electron chi connectivity index (χ3n) is 2.62. The van der Waals surface area contributed by atoms with E-state index in [1.807, 2.05) is 0 Å². The molecule has 2 unspecified atom stereocenters. The Labute approximate surface area is 77.4 Å². The maximum atomic E-state index is 12.6. The summed E-state index contributed by atoms with van der Waals surface area (Å²) in [7, 11) is 0. The van der Waals surface area contributed by atoms with Gasteiger partial charge in [-0.15, -0.1) is 0 Å². The van der Waals surface area contributed by atoms with Crippen molar-refractivity contribution in [3.8, 4) is 0 Å². The van der Waals surface area contributed by atoms with Crippen molar-refractivity contribution >= 4 is 0 Å². The van der Waals surface area contributed by atoms with Crippen LogP contribution in [-0.4, -0.2) is 26.2 Å². The molecular formula is C9H17F2NO. The second-order valence-corrected chi connectivity index (χ2v) is 3.55. The van der Waals surface area contributed by atoms with Crippen molar-refractivity contribution in [3.63, 3.8) is 0 Å². The van der Waals surface area contributed by atoms with E-state index in [1.54, 1.807) is 0 Å². The second kappa shape index (κ2) is 5.50. The maximum Gasteiger partial charge on any atom is 0.241 e. The highest BCUT2D eigenvalue weighted by Gasteiger charge is 2.30. The Bertz CT molecular complexity index is 138. The van der Waals surface area contributed by atoms with Crippen LogP contribution in [0.25, 0.3) is 0 Å². The number of ether oxygens (including phenoxy) is 1. The molecule has 1 saturated heterocycles. The molecule has 0 aromatic rings. The smallest absolute Gasteiger partial charge is 0.241 e. The Morgan fingerprint density at radius 2 is 2.23 bits per heavy atom.